The molecule has 136 valence electrons. The predicted molar refractivity (Wildman–Crippen MR) is 96.1 cm³/mol. The smallest absolute Gasteiger partial charge is 0.336 e. The van der Waals surface area contributed by atoms with Gasteiger partial charge < -0.3 is 19.1 Å². The van der Waals surface area contributed by atoms with Gasteiger partial charge in [-0.2, -0.15) is 0 Å². The van der Waals surface area contributed by atoms with Gasteiger partial charge >= 0.3 is 11.9 Å². The summed E-state index contributed by atoms with van der Waals surface area (Å²) < 4.78 is 16.4. The number of esters is 2. The van der Waals surface area contributed by atoms with Crippen molar-refractivity contribution in [2.75, 3.05) is 24.7 Å². The molecule has 0 spiro atoms. The second-order valence-electron chi connectivity index (χ2n) is 6.28. The predicted octanol–water partition coefficient (Wildman–Crippen LogP) is 3.09. The fourth-order valence-electron chi connectivity index (χ4n) is 3.76. The number of carbonyl (C=O) groups is 2. The molecule has 1 aromatic rings. The highest BCUT2D eigenvalue weighted by atomic mass is 35.5. The fraction of sp³-hybridized carbons (Fsp3) is 0.368. The van der Waals surface area contributed by atoms with E-state index in [0.717, 1.165) is 5.56 Å². The lowest BCUT2D eigenvalue weighted by Crippen LogP contribution is -2.58. The summed E-state index contributed by atoms with van der Waals surface area (Å²) in [4.78, 5) is 27.3. The van der Waals surface area contributed by atoms with Crippen molar-refractivity contribution in [1.29, 1.82) is 0 Å². The molecule has 0 bridgehead atoms. The number of anilines is 1. The lowest BCUT2D eigenvalue weighted by molar-refractivity contribution is -0.151. The summed E-state index contributed by atoms with van der Waals surface area (Å²) in [6, 6.07) is 3.53. The molecule has 0 radical (unpaired) electrons. The van der Waals surface area contributed by atoms with Crippen LogP contribution in [0.15, 0.2) is 29.5 Å². The van der Waals surface area contributed by atoms with Gasteiger partial charge in [-0.05, 0) is 38.1 Å². The van der Waals surface area contributed by atoms with E-state index < -0.39 is 17.5 Å². The number of halogens is 1. The molecule has 7 heteroatoms. The van der Waals surface area contributed by atoms with E-state index in [1.54, 1.807) is 32.1 Å². The Bertz CT molecular complexity index is 875. The Hall–Kier alpha value is -2.47. The first kappa shape index (κ1) is 17.0. The number of hydrogen-bond acceptors (Lipinski definition) is 6. The summed E-state index contributed by atoms with van der Waals surface area (Å²) in [6.45, 7) is 4.08. The summed E-state index contributed by atoms with van der Waals surface area (Å²) in [5.41, 5.74) is 1.39. The molecule has 0 amide bonds. The third-order valence-corrected chi connectivity index (χ3v) is 5.18. The van der Waals surface area contributed by atoms with E-state index in [9.17, 15) is 9.59 Å². The first-order chi connectivity index (χ1) is 12.5. The highest BCUT2D eigenvalue weighted by molar-refractivity contribution is 6.33. The van der Waals surface area contributed by atoms with E-state index in [1.807, 2.05) is 11.0 Å². The minimum atomic E-state index is -1.13. The quantitative estimate of drug-likeness (QED) is 0.753. The average molecular weight is 376 g/mol. The topological polar surface area (TPSA) is 65.1 Å². The van der Waals surface area contributed by atoms with E-state index in [-0.39, 0.29) is 26.2 Å². The van der Waals surface area contributed by atoms with Crippen LogP contribution in [-0.4, -0.2) is 37.3 Å². The fourth-order valence-corrected chi connectivity index (χ4v) is 3.98. The van der Waals surface area contributed by atoms with Crippen molar-refractivity contribution < 1.29 is 23.8 Å². The molecular weight excluding hydrogens is 358 g/mol. The zero-order chi connectivity index (χ0) is 18.5. The highest BCUT2D eigenvalue weighted by Gasteiger charge is 2.58. The molecule has 3 aliphatic rings. The van der Waals surface area contributed by atoms with Gasteiger partial charge in [0.15, 0.2) is 5.54 Å². The summed E-state index contributed by atoms with van der Waals surface area (Å²) in [5.74, 6) is -0.239. The number of rotatable bonds is 4. The normalized spacial score (nSPS) is 22.0. The van der Waals surface area contributed by atoms with Crippen LogP contribution in [-0.2, 0) is 19.1 Å². The molecule has 6 nitrogen and oxygen atoms in total. The molecule has 1 aromatic carbocycles. The summed E-state index contributed by atoms with van der Waals surface area (Å²) >= 11 is 6.35. The summed E-state index contributed by atoms with van der Waals surface area (Å²) in [7, 11) is 0. The Morgan fingerprint density at radius 1 is 1.23 bits per heavy atom. The molecule has 0 saturated heterocycles. The first-order valence-electron chi connectivity index (χ1n) is 8.54. The van der Waals surface area contributed by atoms with Gasteiger partial charge in [0.1, 0.15) is 12.4 Å². The zero-order valence-corrected chi connectivity index (χ0v) is 15.3. The standard InChI is InChI=1S/C19H18ClNO5/c1-3-24-17(22)12-9-19(18(23)25-4-2)10-26-15-8-6-13(20)11-5-7-14(12)21(19)16(11)15/h5-8H,3-4,9-10H2,1-2H3. The zero-order valence-electron chi connectivity index (χ0n) is 14.5. The van der Waals surface area contributed by atoms with Gasteiger partial charge in [-0.25, -0.2) is 9.59 Å². The van der Waals surface area contributed by atoms with Crippen LogP contribution in [0.1, 0.15) is 25.8 Å². The maximum Gasteiger partial charge on any atom is 0.336 e. The first-order valence-corrected chi connectivity index (χ1v) is 8.92. The van der Waals surface area contributed by atoms with E-state index in [2.05, 4.69) is 0 Å². The molecule has 4 rings (SSSR count). The van der Waals surface area contributed by atoms with E-state index in [4.69, 9.17) is 25.8 Å². The largest absolute Gasteiger partial charge is 0.488 e. The van der Waals surface area contributed by atoms with Crippen molar-refractivity contribution in [3.63, 3.8) is 0 Å². The molecular formula is C19H18ClNO5. The van der Waals surface area contributed by atoms with Crippen LogP contribution in [0.5, 0.6) is 5.75 Å². The summed E-state index contributed by atoms with van der Waals surface area (Å²) in [6.07, 6.45) is 3.80. The van der Waals surface area contributed by atoms with Crippen LogP contribution in [0, 0.1) is 0 Å². The lowest BCUT2D eigenvalue weighted by atomic mass is 9.91. The third-order valence-electron chi connectivity index (χ3n) is 4.85. The van der Waals surface area contributed by atoms with Crippen LogP contribution < -0.4 is 9.64 Å². The minimum Gasteiger partial charge on any atom is -0.488 e. The number of benzene rings is 1. The molecule has 1 atom stereocenters. The minimum absolute atomic E-state index is 0.0835. The van der Waals surface area contributed by atoms with Gasteiger partial charge in [-0.1, -0.05) is 11.6 Å². The highest BCUT2D eigenvalue weighted by Crippen LogP contribution is 2.54. The monoisotopic (exact) mass is 375 g/mol. The van der Waals surface area contributed by atoms with Gasteiger partial charge in [0.05, 0.1) is 35.2 Å². The molecule has 0 aliphatic carbocycles. The number of nitrogens with zero attached hydrogens (tertiary/aromatic N) is 1. The van der Waals surface area contributed by atoms with Gasteiger partial charge in [0, 0.05) is 12.0 Å². The second-order valence-corrected chi connectivity index (χ2v) is 6.69. The molecule has 0 fully saturated rings. The second kappa shape index (κ2) is 6.06. The molecule has 0 aromatic heterocycles. The maximum atomic E-state index is 12.9. The average Bonchev–Trinajstić information content (AvgIpc) is 2.99. The Morgan fingerprint density at radius 2 is 2.00 bits per heavy atom. The van der Waals surface area contributed by atoms with Gasteiger partial charge in [-0.3, -0.25) is 0 Å². The third kappa shape index (κ3) is 2.18. The molecule has 0 N–H and O–H groups in total. The maximum absolute atomic E-state index is 12.9. The SMILES string of the molecule is CCOC(=O)C1=C2C=Cc3c(Cl)ccc4c3N2C(C(=O)OCC)(CO4)C1. The van der Waals surface area contributed by atoms with Crippen LogP contribution >= 0.6 is 11.6 Å². The van der Waals surface area contributed by atoms with E-state index in [0.29, 0.717) is 27.7 Å². The van der Waals surface area contributed by atoms with Gasteiger partial charge in [-0.15, -0.1) is 0 Å². The Labute approximate surface area is 156 Å². The number of allylic oxidation sites excluding steroid dienone is 1. The van der Waals surface area contributed by atoms with Crippen molar-refractivity contribution in [2.24, 2.45) is 0 Å². The molecule has 26 heavy (non-hydrogen) atoms. The Kier molecular flexibility index (Phi) is 3.95. The molecule has 3 aliphatic heterocycles. The van der Waals surface area contributed by atoms with Crippen LogP contribution in [0.25, 0.3) is 6.08 Å². The van der Waals surface area contributed by atoms with Crippen LogP contribution in [0.3, 0.4) is 0 Å². The summed E-state index contributed by atoms with van der Waals surface area (Å²) in [5, 5.41) is 0.548. The molecule has 0 saturated carbocycles. The lowest BCUT2D eigenvalue weighted by Gasteiger charge is -2.44. The van der Waals surface area contributed by atoms with Crippen molar-refractivity contribution in [3.8, 4) is 5.75 Å². The van der Waals surface area contributed by atoms with E-state index >= 15 is 0 Å². The van der Waals surface area contributed by atoms with Crippen LogP contribution in [0.2, 0.25) is 5.02 Å². The molecule has 3 heterocycles. The van der Waals surface area contributed by atoms with Gasteiger partial charge in [0.2, 0.25) is 0 Å². The number of carbonyl (C=O) groups excluding carboxylic acids is 2. The number of ether oxygens (including phenoxy) is 3. The molecule has 1 unspecified atom stereocenters. The Morgan fingerprint density at radius 3 is 2.73 bits per heavy atom. The Balaban J connectivity index is 1.93. The van der Waals surface area contributed by atoms with Crippen molar-refractivity contribution in [2.45, 2.75) is 25.8 Å². The van der Waals surface area contributed by atoms with Gasteiger partial charge in [0.25, 0.3) is 0 Å². The van der Waals surface area contributed by atoms with Crippen LogP contribution in [0.4, 0.5) is 5.69 Å². The van der Waals surface area contributed by atoms with E-state index in [1.165, 1.54) is 0 Å². The van der Waals surface area contributed by atoms with Crippen molar-refractivity contribution >= 4 is 35.3 Å². The van der Waals surface area contributed by atoms with Crippen molar-refractivity contribution in [3.05, 3.63) is 40.1 Å². The van der Waals surface area contributed by atoms with Crippen molar-refractivity contribution in [1.82, 2.24) is 0 Å². The number of hydrogen-bond donors (Lipinski definition) is 0.